The summed E-state index contributed by atoms with van der Waals surface area (Å²) in [5.41, 5.74) is 0. The number of esters is 1. The van der Waals surface area contributed by atoms with Crippen LogP contribution in [-0.4, -0.2) is 13.1 Å². The molecule has 1 atom stereocenters. The molecule has 0 aliphatic heterocycles. The lowest BCUT2D eigenvalue weighted by Crippen LogP contribution is -2.10. The summed E-state index contributed by atoms with van der Waals surface area (Å²) in [5, 5.41) is 0. The van der Waals surface area contributed by atoms with E-state index in [1.165, 1.54) is 7.11 Å². The lowest BCUT2D eigenvalue weighted by Gasteiger charge is -2.02. The highest BCUT2D eigenvalue weighted by molar-refractivity contribution is 5.71. The van der Waals surface area contributed by atoms with Crippen molar-refractivity contribution in [2.75, 3.05) is 7.11 Å². The zero-order chi connectivity index (χ0) is 6.57. The van der Waals surface area contributed by atoms with Gasteiger partial charge in [-0.1, -0.05) is 13.8 Å². The van der Waals surface area contributed by atoms with Crippen molar-refractivity contribution >= 4 is 5.97 Å². The Bertz CT molecular complexity index is 83.1. The van der Waals surface area contributed by atoms with Gasteiger partial charge in [0, 0.05) is 0 Å². The Labute approximate surface area is 56.0 Å². The fourth-order valence-electron chi connectivity index (χ4n) is 0.368. The largest absolute Gasteiger partial charge is 0.469 e. The van der Waals surface area contributed by atoms with Crippen LogP contribution in [0, 0.1) is 5.92 Å². The first-order valence-electron chi connectivity index (χ1n) is 2.80. The summed E-state index contributed by atoms with van der Waals surface area (Å²) in [4.78, 5) is 10.5. The van der Waals surface area contributed by atoms with Crippen molar-refractivity contribution < 1.29 is 9.53 Å². The molecule has 3 nitrogen and oxygen atoms in total. The molecule has 0 heterocycles. The Morgan fingerprint density at radius 1 is 1.67 bits per heavy atom. The summed E-state index contributed by atoms with van der Waals surface area (Å²) >= 11 is 0. The van der Waals surface area contributed by atoms with Crippen LogP contribution in [0.4, 0.5) is 0 Å². The third kappa shape index (κ3) is 3.97. The van der Waals surface area contributed by atoms with Gasteiger partial charge in [-0.25, -0.2) is 0 Å². The lowest BCUT2D eigenvalue weighted by molar-refractivity contribution is -0.144. The number of rotatable bonds is 2. The van der Waals surface area contributed by atoms with Gasteiger partial charge in [-0.2, -0.15) is 0 Å². The Balaban J connectivity index is 0. The molecule has 0 saturated carbocycles. The van der Waals surface area contributed by atoms with Crippen molar-refractivity contribution in [3.63, 3.8) is 0 Å². The van der Waals surface area contributed by atoms with E-state index in [0.717, 1.165) is 6.42 Å². The van der Waals surface area contributed by atoms with E-state index in [9.17, 15) is 4.79 Å². The topological polar surface area (TPSA) is 61.3 Å². The van der Waals surface area contributed by atoms with Crippen molar-refractivity contribution in [1.82, 2.24) is 6.15 Å². The maximum absolute atomic E-state index is 10.5. The first-order valence-corrected chi connectivity index (χ1v) is 2.80. The molecule has 0 spiro atoms. The average Bonchev–Trinajstić information content (AvgIpc) is 1.84. The molecule has 0 aromatic heterocycles. The SMILES string of the molecule is CCC(C)C(=O)OC.N. The maximum Gasteiger partial charge on any atom is 0.308 e. The molecule has 0 aromatic carbocycles. The molecule has 0 radical (unpaired) electrons. The second kappa shape index (κ2) is 5.56. The van der Waals surface area contributed by atoms with Crippen LogP contribution in [0.3, 0.4) is 0 Å². The van der Waals surface area contributed by atoms with Crippen LogP contribution < -0.4 is 6.15 Å². The molecule has 0 saturated heterocycles. The standard InChI is InChI=1S/C6H12O2.H3N/c1-4-5(2)6(7)8-3;/h5H,4H2,1-3H3;1H3. The van der Waals surface area contributed by atoms with Crippen molar-refractivity contribution in [3.05, 3.63) is 0 Å². The van der Waals surface area contributed by atoms with Crippen LogP contribution in [0.5, 0.6) is 0 Å². The lowest BCUT2D eigenvalue weighted by atomic mass is 10.1. The van der Waals surface area contributed by atoms with Crippen LogP contribution in [0.25, 0.3) is 0 Å². The number of methoxy groups -OCH3 is 1. The minimum absolute atomic E-state index is 0. The van der Waals surface area contributed by atoms with Crippen LogP contribution in [0.2, 0.25) is 0 Å². The molecular weight excluding hydrogens is 118 g/mol. The first kappa shape index (κ1) is 11.3. The van der Waals surface area contributed by atoms with Gasteiger partial charge >= 0.3 is 5.97 Å². The highest BCUT2D eigenvalue weighted by Gasteiger charge is 2.08. The van der Waals surface area contributed by atoms with Gasteiger partial charge in [-0.3, -0.25) is 4.79 Å². The minimum atomic E-state index is -0.118. The average molecular weight is 133 g/mol. The molecule has 1 unspecified atom stereocenters. The predicted molar refractivity (Wildman–Crippen MR) is 36.5 cm³/mol. The maximum atomic E-state index is 10.5. The van der Waals surface area contributed by atoms with Crippen LogP contribution >= 0.6 is 0 Å². The van der Waals surface area contributed by atoms with Crippen molar-refractivity contribution in [1.29, 1.82) is 0 Å². The zero-order valence-electron chi connectivity index (χ0n) is 6.31. The molecule has 9 heavy (non-hydrogen) atoms. The van der Waals surface area contributed by atoms with Gasteiger partial charge in [0.15, 0.2) is 0 Å². The van der Waals surface area contributed by atoms with E-state index in [-0.39, 0.29) is 18.0 Å². The van der Waals surface area contributed by atoms with Crippen molar-refractivity contribution in [2.24, 2.45) is 5.92 Å². The molecule has 0 aliphatic carbocycles. The van der Waals surface area contributed by atoms with Gasteiger partial charge in [0.05, 0.1) is 13.0 Å². The molecule has 0 bridgehead atoms. The van der Waals surface area contributed by atoms with E-state index in [1.807, 2.05) is 13.8 Å². The van der Waals surface area contributed by atoms with Crippen molar-refractivity contribution in [2.45, 2.75) is 20.3 Å². The number of hydrogen-bond donors (Lipinski definition) is 1. The van der Waals surface area contributed by atoms with E-state index in [1.54, 1.807) is 0 Å². The highest BCUT2D eigenvalue weighted by Crippen LogP contribution is 2.00. The Morgan fingerprint density at radius 3 is 2.22 bits per heavy atom. The van der Waals surface area contributed by atoms with Gasteiger partial charge in [0.25, 0.3) is 0 Å². The second-order valence-corrected chi connectivity index (χ2v) is 1.83. The van der Waals surface area contributed by atoms with E-state index >= 15 is 0 Å². The van der Waals surface area contributed by atoms with E-state index in [2.05, 4.69) is 4.74 Å². The summed E-state index contributed by atoms with van der Waals surface area (Å²) in [6, 6.07) is 0. The van der Waals surface area contributed by atoms with E-state index < -0.39 is 0 Å². The fraction of sp³-hybridized carbons (Fsp3) is 0.833. The minimum Gasteiger partial charge on any atom is -0.469 e. The number of hydrogen-bond acceptors (Lipinski definition) is 3. The molecule has 0 rings (SSSR count). The smallest absolute Gasteiger partial charge is 0.308 e. The molecule has 0 fully saturated rings. The Hall–Kier alpha value is -0.570. The third-order valence-electron chi connectivity index (χ3n) is 1.22. The van der Waals surface area contributed by atoms with Crippen LogP contribution in [0.1, 0.15) is 20.3 Å². The molecule has 0 amide bonds. The van der Waals surface area contributed by atoms with Gasteiger partial charge in [-0.15, -0.1) is 0 Å². The predicted octanol–water partition coefficient (Wildman–Crippen LogP) is 1.37. The van der Waals surface area contributed by atoms with Gasteiger partial charge < -0.3 is 10.9 Å². The Kier molecular flexibility index (Phi) is 6.96. The summed E-state index contributed by atoms with van der Waals surface area (Å²) in [6.45, 7) is 3.81. The summed E-state index contributed by atoms with van der Waals surface area (Å²) in [5.74, 6) is -0.0625. The molecular formula is C6H15NO2. The Morgan fingerprint density at radius 2 is 2.11 bits per heavy atom. The van der Waals surface area contributed by atoms with Gasteiger partial charge in [0.2, 0.25) is 0 Å². The molecule has 0 aliphatic rings. The second-order valence-electron chi connectivity index (χ2n) is 1.83. The molecule has 56 valence electrons. The quantitative estimate of drug-likeness (QED) is 0.578. The first-order chi connectivity index (χ1) is 3.72. The van der Waals surface area contributed by atoms with E-state index in [0.29, 0.717) is 0 Å². The van der Waals surface area contributed by atoms with Crippen molar-refractivity contribution in [3.8, 4) is 0 Å². The summed E-state index contributed by atoms with van der Waals surface area (Å²) < 4.78 is 4.46. The van der Waals surface area contributed by atoms with Gasteiger partial charge in [0.1, 0.15) is 0 Å². The number of carbonyl (C=O) groups is 1. The van der Waals surface area contributed by atoms with Crippen LogP contribution in [0.15, 0.2) is 0 Å². The molecule has 3 heteroatoms. The summed E-state index contributed by atoms with van der Waals surface area (Å²) in [7, 11) is 1.41. The molecule has 3 N–H and O–H groups in total. The van der Waals surface area contributed by atoms with Crippen LogP contribution in [-0.2, 0) is 9.53 Å². The summed E-state index contributed by atoms with van der Waals surface area (Å²) in [6.07, 6.45) is 0.854. The fourth-order valence-corrected chi connectivity index (χ4v) is 0.368. The highest BCUT2D eigenvalue weighted by atomic mass is 16.5. The number of ether oxygens (including phenoxy) is 1. The molecule has 0 aromatic rings. The monoisotopic (exact) mass is 133 g/mol. The normalized spacial score (nSPS) is 11.4. The third-order valence-corrected chi connectivity index (χ3v) is 1.22. The van der Waals surface area contributed by atoms with E-state index in [4.69, 9.17) is 0 Å². The zero-order valence-corrected chi connectivity index (χ0v) is 6.31. The van der Waals surface area contributed by atoms with Gasteiger partial charge in [-0.05, 0) is 6.42 Å². The number of carbonyl (C=O) groups excluding carboxylic acids is 1.